The molecule has 1 fully saturated rings. The Balaban J connectivity index is 1.47. The van der Waals surface area contributed by atoms with Crippen LogP contribution in [0.1, 0.15) is 18.1 Å². The molecule has 1 atom stereocenters. The van der Waals surface area contributed by atoms with Crippen LogP contribution < -0.4 is 10.1 Å². The van der Waals surface area contributed by atoms with Gasteiger partial charge in [0.05, 0.1) is 13.2 Å². The molecule has 1 aliphatic heterocycles. The minimum Gasteiger partial charge on any atom is -0.489 e. The maximum atomic E-state index is 12.2. The molecule has 2 aromatic rings. The zero-order chi connectivity index (χ0) is 19.6. The van der Waals surface area contributed by atoms with Gasteiger partial charge in [0.15, 0.2) is 0 Å². The average molecular weight is 380 g/mol. The largest absolute Gasteiger partial charge is 0.489 e. The van der Waals surface area contributed by atoms with E-state index < -0.39 is 0 Å². The minimum absolute atomic E-state index is 0.0867. The van der Waals surface area contributed by atoms with Crippen molar-refractivity contribution in [3.05, 3.63) is 71.8 Å². The Morgan fingerprint density at radius 2 is 1.96 bits per heavy atom. The van der Waals surface area contributed by atoms with Crippen LogP contribution in [0.4, 0.5) is 0 Å². The lowest BCUT2D eigenvalue weighted by atomic mass is 10.2. The fourth-order valence-corrected chi connectivity index (χ4v) is 3.13. The number of carbonyl (C=O) groups excluding carboxylic acids is 1. The molecule has 1 heterocycles. The van der Waals surface area contributed by atoms with Gasteiger partial charge in [-0.05, 0) is 36.3 Å². The first-order valence-corrected chi connectivity index (χ1v) is 9.74. The summed E-state index contributed by atoms with van der Waals surface area (Å²) in [4.78, 5) is 14.5. The summed E-state index contributed by atoms with van der Waals surface area (Å²) in [6.45, 7) is 6.77. The first-order chi connectivity index (χ1) is 13.7. The molecule has 1 saturated heterocycles. The smallest absolute Gasteiger partial charge is 0.244 e. The molecular weight excluding hydrogens is 352 g/mol. The van der Waals surface area contributed by atoms with E-state index >= 15 is 0 Å². The Bertz CT molecular complexity index is 770. The van der Waals surface area contributed by atoms with E-state index in [1.807, 2.05) is 67.6 Å². The van der Waals surface area contributed by atoms with Crippen molar-refractivity contribution in [1.29, 1.82) is 0 Å². The van der Waals surface area contributed by atoms with E-state index in [0.717, 1.165) is 49.7 Å². The fraction of sp³-hybridized carbons (Fsp3) is 0.348. The molecule has 1 aliphatic rings. The lowest BCUT2D eigenvalue weighted by Gasteiger charge is -2.29. The molecule has 1 amide bonds. The van der Waals surface area contributed by atoms with Crippen molar-refractivity contribution in [1.82, 2.24) is 10.2 Å². The molecule has 1 unspecified atom stereocenters. The Hall–Kier alpha value is -2.63. The zero-order valence-corrected chi connectivity index (χ0v) is 16.3. The van der Waals surface area contributed by atoms with Crippen molar-refractivity contribution < 1.29 is 14.3 Å². The van der Waals surface area contributed by atoms with Crippen molar-refractivity contribution in [2.45, 2.75) is 19.6 Å². The normalized spacial score (nSPS) is 16.0. The fourth-order valence-electron chi connectivity index (χ4n) is 3.13. The second-order valence-electron chi connectivity index (χ2n) is 7.00. The van der Waals surface area contributed by atoms with Gasteiger partial charge in [-0.25, -0.2) is 0 Å². The van der Waals surface area contributed by atoms with Crippen LogP contribution in [0, 0.1) is 0 Å². The van der Waals surface area contributed by atoms with Gasteiger partial charge < -0.3 is 14.8 Å². The average Bonchev–Trinajstić information content (AvgIpc) is 2.72. The highest BCUT2D eigenvalue weighted by Crippen LogP contribution is 2.16. The van der Waals surface area contributed by atoms with Crippen molar-refractivity contribution in [2.24, 2.45) is 0 Å². The third-order valence-electron chi connectivity index (χ3n) is 4.56. The van der Waals surface area contributed by atoms with E-state index in [1.165, 1.54) is 0 Å². The number of benzene rings is 2. The molecule has 5 nitrogen and oxygen atoms in total. The number of carbonyl (C=O) groups is 1. The molecular formula is C23H28N2O3. The first-order valence-electron chi connectivity index (χ1n) is 9.74. The summed E-state index contributed by atoms with van der Waals surface area (Å²) < 4.78 is 11.2. The second-order valence-corrected chi connectivity index (χ2v) is 7.00. The number of nitrogens with zero attached hydrogens (tertiary/aromatic N) is 1. The summed E-state index contributed by atoms with van der Waals surface area (Å²) >= 11 is 0. The number of amides is 1. The second kappa shape index (κ2) is 10.6. The number of hydrogen-bond donors (Lipinski definition) is 1. The van der Waals surface area contributed by atoms with E-state index in [4.69, 9.17) is 9.47 Å². The molecule has 148 valence electrons. The Labute approximate surface area is 167 Å². The lowest BCUT2D eigenvalue weighted by Crippen LogP contribution is -2.45. The quantitative estimate of drug-likeness (QED) is 0.715. The summed E-state index contributed by atoms with van der Waals surface area (Å²) in [6.07, 6.45) is 3.39. The molecule has 5 heteroatoms. The van der Waals surface area contributed by atoms with E-state index in [0.29, 0.717) is 6.61 Å². The summed E-state index contributed by atoms with van der Waals surface area (Å²) in [5, 5.41) is 3.02. The topological polar surface area (TPSA) is 50.8 Å². The van der Waals surface area contributed by atoms with Gasteiger partial charge in [-0.15, -0.1) is 0 Å². The highest BCUT2D eigenvalue weighted by atomic mass is 16.5. The summed E-state index contributed by atoms with van der Waals surface area (Å²) in [5.74, 6) is 0.698. The molecule has 28 heavy (non-hydrogen) atoms. The lowest BCUT2D eigenvalue weighted by molar-refractivity contribution is -0.117. The predicted molar refractivity (Wildman–Crippen MR) is 111 cm³/mol. The van der Waals surface area contributed by atoms with Crippen molar-refractivity contribution in [2.75, 3.05) is 32.8 Å². The van der Waals surface area contributed by atoms with Gasteiger partial charge in [-0.3, -0.25) is 9.69 Å². The van der Waals surface area contributed by atoms with Crippen LogP contribution in [0.2, 0.25) is 0 Å². The summed E-state index contributed by atoms with van der Waals surface area (Å²) in [7, 11) is 0. The number of ether oxygens (including phenoxy) is 2. The first kappa shape index (κ1) is 20.1. The highest BCUT2D eigenvalue weighted by Gasteiger charge is 2.14. The Morgan fingerprint density at radius 3 is 2.75 bits per heavy atom. The van der Waals surface area contributed by atoms with Crippen LogP contribution in [0.15, 0.2) is 60.7 Å². The third kappa shape index (κ3) is 6.83. The zero-order valence-electron chi connectivity index (χ0n) is 16.3. The molecule has 0 saturated carbocycles. The predicted octanol–water partition coefficient (Wildman–Crippen LogP) is 3.12. The molecule has 2 aromatic carbocycles. The van der Waals surface area contributed by atoms with Gasteiger partial charge in [-0.1, -0.05) is 42.5 Å². The maximum absolute atomic E-state index is 12.2. The number of nitrogens with one attached hydrogen (secondary N) is 1. The Morgan fingerprint density at radius 1 is 1.18 bits per heavy atom. The van der Waals surface area contributed by atoms with Crippen molar-refractivity contribution >= 4 is 12.0 Å². The van der Waals surface area contributed by atoms with E-state index in [2.05, 4.69) is 10.2 Å². The third-order valence-corrected chi connectivity index (χ3v) is 4.56. The number of morpholine rings is 1. The van der Waals surface area contributed by atoms with Crippen LogP contribution in [0.25, 0.3) is 6.08 Å². The van der Waals surface area contributed by atoms with Crippen LogP contribution in [-0.2, 0) is 16.1 Å². The minimum atomic E-state index is -0.0867. The molecule has 1 N–H and O–H groups in total. The summed E-state index contributed by atoms with van der Waals surface area (Å²) in [5.41, 5.74) is 2.05. The maximum Gasteiger partial charge on any atom is 0.244 e. The van der Waals surface area contributed by atoms with E-state index in [9.17, 15) is 4.79 Å². The molecule has 0 aliphatic carbocycles. The van der Waals surface area contributed by atoms with Crippen LogP contribution in [0.3, 0.4) is 0 Å². The van der Waals surface area contributed by atoms with Crippen LogP contribution >= 0.6 is 0 Å². The highest BCUT2D eigenvalue weighted by molar-refractivity contribution is 5.91. The molecule has 0 aromatic heterocycles. The van der Waals surface area contributed by atoms with Gasteiger partial charge in [0.1, 0.15) is 12.4 Å². The summed E-state index contributed by atoms with van der Waals surface area (Å²) in [6, 6.07) is 17.9. The number of hydrogen-bond acceptors (Lipinski definition) is 4. The van der Waals surface area contributed by atoms with Crippen molar-refractivity contribution in [3.63, 3.8) is 0 Å². The monoisotopic (exact) mass is 380 g/mol. The van der Waals surface area contributed by atoms with Gasteiger partial charge >= 0.3 is 0 Å². The van der Waals surface area contributed by atoms with Gasteiger partial charge in [0.2, 0.25) is 5.91 Å². The SMILES string of the molecule is CC(CN1CCOCC1)NC(=O)/C=C/c1cccc(OCc2ccccc2)c1. The van der Waals surface area contributed by atoms with Gasteiger partial charge in [-0.2, -0.15) is 0 Å². The molecule has 0 spiro atoms. The standard InChI is InChI=1S/C23H28N2O3/c1-19(17-25-12-14-27-15-13-25)24-23(26)11-10-20-8-5-9-22(16-20)28-18-21-6-3-2-4-7-21/h2-11,16,19H,12-15,17-18H2,1H3,(H,24,26)/b11-10+. The molecule has 0 radical (unpaired) electrons. The van der Waals surface area contributed by atoms with E-state index in [1.54, 1.807) is 6.08 Å². The van der Waals surface area contributed by atoms with E-state index in [-0.39, 0.29) is 11.9 Å². The number of rotatable bonds is 8. The Kier molecular flexibility index (Phi) is 7.64. The van der Waals surface area contributed by atoms with Crippen LogP contribution in [0.5, 0.6) is 5.75 Å². The van der Waals surface area contributed by atoms with Crippen molar-refractivity contribution in [3.8, 4) is 5.75 Å². The molecule has 3 rings (SSSR count). The van der Waals surface area contributed by atoms with Crippen LogP contribution in [-0.4, -0.2) is 49.7 Å². The van der Waals surface area contributed by atoms with Gasteiger partial charge in [0.25, 0.3) is 0 Å². The van der Waals surface area contributed by atoms with Gasteiger partial charge in [0, 0.05) is 31.8 Å². The molecule has 0 bridgehead atoms.